The molecule has 0 aliphatic carbocycles. The van der Waals surface area contributed by atoms with Crippen LogP contribution in [0.2, 0.25) is 0 Å². The number of ether oxygens (including phenoxy) is 1. The largest absolute Gasteiger partial charge is 0.464 e. The van der Waals surface area contributed by atoms with Crippen LogP contribution in [0.4, 0.5) is 0 Å². The zero-order valence-corrected chi connectivity index (χ0v) is 9.34. The van der Waals surface area contributed by atoms with E-state index in [1.807, 2.05) is 32.0 Å². The third-order valence-electron chi connectivity index (χ3n) is 2.09. The number of hydrogen-bond acceptors (Lipinski definition) is 4. The van der Waals surface area contributed by atoms with Crippen LogP contribution in [-0.2, 0) is 0 Å². The van der Waals surface area contributed by atoms with Crippen LogP contribution in [0, 0.1) is 6.92 Å². The van der Waals surface area contributed by atoms with Gasteiger partial charge in [0.25, 0.3) is 0 Å². The lowest BCUT2D eigenvalue weighted by atomic mass is 10.2. The second kappa shape index (κ2) is 4.70. The summed E-state index contributed by atoms with van der Waals surface area (Å²) in [5, 5.41) is 0. The molecule has 16 heavy (non-hydrogen) atoms. The van der Waals surface area contributed by atoms with Gasteiger partial charge in [-0.25, -0.2) is 9.97 Å². The summed E-state index contributed by atoms with van der Waals surface area (Å²) in [6.07, 6.45) is 3.44. The van der Waals surface area contributed by atoms with Crippen molar-refractivity contribution in [1.82, 2.24) is 15.0 Å². The maximum atomic E-state index is 5.18. The molecule has 82 valence electrons. The molecule has 0 saturated carbocycles. The molecule has 0 spiro atoms. The maximum Gasteiger partial charge on any atom is 0.316 e. The molecule has 0 amide bonds. The van der Waals surface area contributed by atoms with E-state index >= 15 is 0 Å². The molecular weight excluding hydrogens is 202 g/mol. The molecule has 0 radical (unpaired) electrons. The van der Waals surface area contributed by atoms with Crippen LogP contribution in [-0.4, -0.2) is 21.6 Å². The normalized spacial score (nSPS) is 10.1. The van der Waals surface area contributed by atoms with E-state index in [0.29, 0.717) is 12.6 Å². The molecule has 0 aromatic carbocycles. The van der Waals surface area contributed by atoms with Crippen LogP contribution >= 0.6 is 0 Å². The van der Waals surface area contributed by atoms with E-state index in [1.165, 1.54) is 0 Å². The Morgan fingerprint density at radius 1 is 1.19 bits per heavy atom. The summed E-state index contributed by atoms with van der Waals surface area (Å²) < 4.78 is 5.18. The molecule has 0 N–H and O–H groups in total. The molecule has 2 aromatic heterocycles. The Morgan fingerprint density at radius 3 is 2.56 bits per heavy atom. The van der Waals surface area contributed by atoms with Crippen LogP contribution < -0.4 is 4.74 Å². The van der Waals surface area contributed by atoms with Crippen molar-refractivity contribution >= 4 is 0 Å². The Hall–Kier alpha value is -1.97. The topological polar surface area (TPSA) is 47.9 Å². The van der Waals surface area contributed by atoms with Gasteiger partial charge < -0.3 is 4.74 Å². The number of pyridine rings is 1. The maximum absolute atomic E-state index is 5.18. The second-order valence-electron chi connectivity index (χ2n) is 3.35. The highest BCUT2D eigenvalue weighted by molar-refractivity contribution is 5.56. The van der Waals surface area contributed by atoms with Gasteiger partial charge in [0, 0.05) is 23.7 Å². The van der Waals surface area contributed by atoms with Crippen molar-refractivity contribution in [3.8, 4) is 17.3 Å². The molecule has 2 heterocycles. The van der Waals surface area contributed by atoms with E-state index in [2.05, 4.69) is 15.0 Å². The summed E-state index contributed by atoms with van der Waals surface area (Å²) in [7, 11) is 0. The van der Waals surface area contributed by atoms with Crippen LogP contribution in [0.25, 0.3) is 11.3 Å². The molecule has 4 nitrogen and oxygen atoms in total. The number of nitrogens with zero attached hydrogens (tertiary/aromatic N) is 3. The molecule has 0 unspecified atom stereocenters. The Morgan fingerprint density at radius 2 is 1.94 bits per heavy atom. The van der Waals surface area contributed by atoms with Gasteiger partial charge in [0.15, 0.2) is 0 Å². The quantitative estimate of drug-likeness (QED) is 0.787. The summed E-state index contributed by atoms with van der Waals surface area (Å²) in [5.41, 5.74) is 2.75. The molecule has 0 aliphatic rings. The Kier molecular flexibility index (Phi) is 3.10. The SMILES string of the molecule is CCOc1ncc(-c2cccc(C)n2)cn1. The van der Waals surface area contributed by atoms with E-state index in [1.54, 1.807) is 12.4 Å². The first-order valence-electron chi connectivity index (χ1n) is 5.18. The van der Waals surface area contributed by atoms with Crippen LogP contribution in [0.15, 0.2) is 30.6 Å². The van der Waals surface area contributed by atoms with Gasteiger partial charge in [-0.1, -0.05) is 6.07 Å². The monoisotopic (exact) mass is 215 g/mol. The predicted octanol–water partition coefficient (Wildman–Crippen LogP) is 2.25. The molecule has 0 bridgehead atoms. The zero-order chi connectivity index (χ0) is 11.4. The fraction of sp³-hybridized carbons (Fsp3) is 0.250. The van der Waals surface area contributed by atoms with Gasteiger partial charge in [-0.15, -0.1) is 0 Å². The smallest absolute Gasteiger partial charge is 0.316 e. The third kappa shape index (κ3) is 2.34. The summed E-state index contributed by atoms with van der Waals surface area (Å²) in [5.74, 6) is 0. The minimum Gasteiger partial charge on any atom is -0.464 e. The van der Waals surface area contributed by atoms with E-state index in [-0.39, 0.29) is 0 Å². The van der Waals surface area contributed by atoms with E-state index < -0.39 is 0 Å². The zero-order valence-electron chi connectivity index (χ0n) is 9.34. The highest BCUT2D eigenvalue weighted by Crippen LogP contribution is 2.16. The van der Waals surface area contributed by atoms with Gasteiger partial charge in [-0.2, -0.15) is 0 Å². The highest BCUT2D eigenvalue weighted by atomic mass is 16.5. The second-order valence-corrected chi connectivity index (χ2v) is 3.35. The fourth-order valence-electron chi connectivity index (χ4n) is 1.36. The minimum atomic E-state index is 0.402. The molecule has 4 heteroatoms. The molecule has 0 fully saturated rings. The first-order chi connectivity index (χ1) is 7.79. The summed E-state index contributed by atoms with van der Waals surface area (Å²) in [6, 6.07) is 6.26. The van der Waals surface area contributed by atoms with Gasteiger partial charge in [0.2, 0.25) is 0 Å². The third-order valence-corrected chi connectivity index (χ3v) is 2.09. The van der Waals surface area contributed by atoms with Crippen molar-refractivity contribution < 1.29 is 4.74 Å². The van der Waals surface area contributed by atoms with Gasteiger partial charge in [0.1, 0.15) is 0 Å². The molecule has 2 aromatic rings. The van der Waals surface area contributed by atoms with Gasteiger partial charge in [0.05, 0.1) is 12.3 Å². The molecule has 0 aliphatic heterocycles. The number of aromatic nitrogens is 3. The Labute approximate surface area is 94.4 Å². The Bertz CT molecular complexity index is 468. The number of aryl methyl sites for hydroxylation is 1. The Balaban J connectivity index is 2.27. The van der Waals surface area contributed by atoms with E-state index in [9.17, 15) is 0 Å². The number of hydrogen-bond donors (Lipinski definition) is 0. The van der Waals surface area contributed by atoms with Crippen LogP contribution in [0.3, 0.4) is 0 Å². The van der Waals surface area contributed by atoms with Crippen molar-refractivity contribution in [2.45, 2.75) is 13.8 Å². The lowest BCUT2D eigenvalue weighted by Crippen LogP contribution is -1.97. The lowest BCUT2D eigenvalue weighted by molar-refractivity contribution is 0.312. The van der Waals surface area contributed by atoms with Crippen molar-refractivity contribution in [3.63, 3.8) is 0 Å². The fourth-order valence-corrected chi connectivity index (χ4v) is 1.36. The first kappa shape index (κ1) is 10.5. The summed E-state index contributed by atoms with van der Waals surface area (Å²) >= 11 is 0. The summed E-state index contributed by atoms with van der Waals surface area (Å²) in [4.78, 5) is 12.6. The molecule has 0 atom stereocenters. The predicted molar refractivity (Wildman–Crippen MR) is 61.2 cm³/mol. The standard InChI is InChI=1S/C12H13N3O/c1-3-16-12-13-7-10(8-14-12)11-6-4-5-9(2)15-11/h4-8H,3H2,1-2H3. The molecule has 0 saturated heterocycles. The van der Waals surface area contributed by atoms with Gasteiger partial charge in [-0.3, -0.25) is 4.98 Å². The van der Waals surface area contributed by atoms with Crippen molar-refractivity contribution in [3.05, 3.63) is 36.3 Å². The highest BCUT2D eigenvalue weighted by Gasteiger charge is 2.01. The van der Waals surface area contributed by atoms with E-state index in [4.69, 9.17) is 4.74 Å². The van der Waals surface area contributed by atoms with Crippen LogP contribution in [0.1, 0.15) is 12.6 Å². The van der Waals surface area contributed by atoms with Crippen LogP contribution in [0.5, 0.6) is 6.01 Å². The average molecular weight is 215 g/mol. The minimum absolute atomic E-state index is 0.402. The average Bonchev–Trinajstić information content (AvgIpc) is 2.30. The summed E-state index contributed by atoms with van der Waals surface area (Å²) in [6.45, 7) is 4.43. The first-order valence-corrected chi connectivity index (χ1v) is 5.18. The van der Waals surface area contributed by atoms with Gasteiger partial charge >= 0.3 is 6.01 Å². The van der Waals surface area contributed by atoms with Crippen molar-refractivity contribution in [2.24, 2.45) is 0 Å². The molecular formula is C12H13N3O. The lowest BCUT2D eigenvalue weighted by Gasteiger charge is -2.03. The van der Waals surface area contributed by atoms with Gasteiger partial charge in [-0.05, 0) is 26.0 Å². The number of rotatable bonds is 3. The van der Waals surface area contributed by atoms with Crippen molar-refractivity contribution in [2.75, 3.05) is 6.61 Å². The molecule has 2 rings (SSSR count). The van der Waals surface area contributed by atoms with E-state index in [0.717, 1.165) is 17.0 Å². The van der Waals surface area contributed by atoms with Crippen molar-refractivity contribution in [1.29, 1.82) is 0 Å².